The van der Waals surface area contributed by atoms with E-state index in [1.54, 1.807) is 16.2 Å². The largest absolute Gasteiger partial charge is 0.332 e. The van der Waals surface area contributed by atoms with Gasteiger partial charge < -0.3 is 9.80 Å². The molecule has 0 radical (unpaired) electrons. The molecule has 4 nitrogen and oxygen atoms in total. The highest BCUT2D eigenvalue weighted by Crippen LogP contribution is 2.29. The quantitative estimate of drug-likeness (QED) is 0.513. The Hall–Kier alpha value is -2.44. The number of benzene rings is 1. The van der Waals surface area contributed by atoms with E-state index in [2.05, 4.69) is 19.1 Å². The van der Waals surface area contributed by atoms with Crippen molar-refractivity contribution in [1.82, 2.24) is 9.80 Å². The number of nitrogens with zero attached hydrogens (tertiary/aromatic N) is 2. The van der Waals surface area contributed by atoms with Gasteiger partial charge in [-0.3, -0.25) is 9.59 Å². The topological polar surface area (TPSA) is 40.6 Å². The molecule has 1 aromatic carbocycles. The van der Waals surface area contributed by atoms with Crippen molar-refractivity contribution in [2.45, 2.75) is 38.9 Å². The molecule has 4 rings (SSSR count). The van der Waals surface area contributed by atoms with Crippen LogP contribution in [0.3, 0.4) is 0 Å². The van der Waals surface area contributed by atoms with Crippen LogP contribution >= 0.6 is 22.7 Å². The van der Waals surface area contributed by atoms with E-state index in [1.165, 1.54) is 16.2 Å². The third kappa shape index (κ3) is 5.14. The Bertz CT molecular complexity index is 962. The van der Waals surface area contributed by atoms with Gasteiger partial charge >= 0.3 is 0 Å². The molecule has 0 bridgehead atoms. The molecule has 0 atom stereocenters. The first-order valence-electron chi connectivity index (χ1n) is 9.81. The van der Waals surface area contributed by atoms with Gasteiger partial charge in [-0.05, 0) is 48.9 Å². The third-order valence-corrected chi connectivity index (χ3v) is 6.84. The van der Waals surface area contributed by atoms with Gasteiger partial charge in [-0.2, -0.15) is 0 Å². The monoisotopic (exact) mass is 424 g/mol. The van der Waals surface area contributed by atoms with E-state index in [0.717, 1.165) is 23.3 Å². The molecular formula is C23H24N2O2S2. The molecule has 150 valence electrons. The molecule has 0 aliphatic heterocycles. The lowest BCUT2D eigenvalue weighted by molar-refractivity contribution is -0.133. The van der Waals surface area contributed by atoms with Crippen molar-refractivity contribution in [3.63, 3.8) is 0 Å². The average molecular weight is 425 g/mol. The van der Waals surface area contributed by atoms with Gasteiger partial charge in [0.1, 0.15) is 6.54 Å². The molecule has 0 spiro atoms. The second kappa shape index (κ2) is 8.93. The fourth-order valence-electron chi connectivity index (χ4n) is 3.33. The standard InChI is InChI=1S/C23H24N2O2S2/c1-17-9-12-20(29-17)15-24(14-18-6-3-2-4-7-18)22(26)16-25(19-10-11-19)23(27)21-8-5-13-28-21/h2-9,12-13,19H,10-11,14-16H2,1H3. The van der Waals surface area contributed by atoms with Crippen LogP contribution in [-0.2, 0) is 17.9 Å². The van der Waals surface area contributed by atoms with Crippen molar-refractivity contribution in [3.8, 4) is 0 Å². The van der Waals surface area contributed by atoms with Crippen LogP contribution in [0.2, 0.25) is 0 Å². The summed E-state index contributed by atoms with van der Waals surface area (Å²) >= 11 is 3.15. The summed E-state index contributed by atoms with van der Waals surface area (Å²) in [4.78, 5) is 33.0. The van der Waals surface area contributed by atoms with Gasteiger partial charge in [-0.15, -0.1) is 22.7 Å². The SMILES string of the molecule is Cc1ccc(CN(Cc2ccccc2)C(=O)CN(C(=O)c2cccs2)C2CC2)s1. The van der Waals surface area contributed by atoms with Crippen molar-refractivity contribution in [2.75, 3.05) is 6.54 Å². The van der Waals surface area contributed by atoms with E-state index >= 15 is 0 Å². The van der Waals surface area contributed by atoms with Gasteiger partial charge in [0.05, 0.1) is 11.4 Å². The normalized spacial score (nSPS) is 13.3. The molecule has 2 heterocycles. The second-order valence-electron chi connectivity index (χ2n) is 7.39. The van der Waals surface area contributed by atoms with E-state index < -0.39 is 0 Å². The lowest BCUT2D eigenvalue weighted by Gasteiger charge is -2.27. The number of rotatable bonds is 8. The lowest BCUT2D eigenvalue weighted by Crippen LogP contribution is -2.43. The van der Waals surface area contributed by atoms with Gasteiger partial charge in [0.2, 0.25) is 5.91 Å². The molecule has 1 aliphatic carbocycles. The van der Waals surface area contributed by atoms with Crippen molar-refractivity contribution < 1.29 is 9.59 Å². The van der Waals surface area contributed by atoms with Gasteiger partial charge in [-0.25, -0.2) is 0 Å². The second-order valence-corrected chi connectivity index (χ2v) is 9.71. The first-order chi connectivity index (χ1) is 14.1. The molecule has 3 aromatic rings. The Labute approximate surface area is 179 Å². The van der Waals surface area contributed by atoms with E-state index in [-0.39, 0.29) is 24.4 Å². The molecule has 1 fully saturated rings. The molecule has 6 heteroatoms. The number of aryl methyl sites for hydroxylation is 1. The van der Waals surface area contributed by atoms with E-state index in [0.29, 0.717) is 18.0 Å². The fourth-order valence-corrected chi connectivity index (χ4v) is 4.92. The number of hydrogen-bond acceptors (Lipinski definition) is 4. The number of amides is 2. The predicted molar refractivity (Wildman–Crippen MR) is 118 cm³/mol. The first-order valence-corrected chi connectivity index (χ1v) is 11.5. The van der Waals surface area contributed by atoms with Crippen LogP contribution in [0.4, 0.5) is 0 Å². The van der Waals surface area contributed by atoms with E-state index in [9.17, 15) is 9.59 Å². The fraction of sp³-hybridized carbons (Fsp3) is 0.304. The highest BCUT2D eigenvalue weighted by atomic mass is 32.1. The minimum absolute atomic E-state index is 0.00304. The van der Waals surface area contributed by atoms with Gasteiger partial charge in [-0.1, -0.05) is 36.4 Å². The predicted octanol–water partition coefficient (Wildman–Crippen LogP) is 4.95. The summed E-state index contributed by atoms with van der Waals surface area (Å²) in [5.74, 6) is -0.0285. The summed E-state index contributed by atoms with van der Waals surface area (Å²) in [6.07, 6.45) is 1.96. The molecule has 2 amide bonds. The van der Waals surface area contributed by atoms with E-state index in [4.69, 9.17) is 0 Å². The summed E-state index contributed by atoms with van der Waals surface area (Å²) in [6, 6.07) is 18.1. The summed E-state index contributed by atoms with van der Waals surface area (Å²) in [5.41, 5.74) is 1.09. The Balaban J connectivity index is 1.52. The Morgan fingerprint density at radius 3 is 2.41 bits per heavy atom. The Morgan fingerprint density at radius 2 is 1.79 bits per heavy atom. The summed E-state index contributed by atoms with van der Waals surface area (Å²) in [7, 11) is 0. The highest BCUT2D eigenvalue weighted by molar-refractivity contribution is 7.12. The van der Waals surface area contributed by atoms with Crippen LogP contribution in [0, 0.1) is 6.92 Å². The van der Waals surface area contributed by atoms with Gasteiger partial charge in [0, 0.05) is 22.3 Å². The zero-order valence-corrected chi connectivity index (χ0v) is 18.0. The molecule has 1 aliphatic rings. The number of thiophene rings is 2. The van der Waals surface area contributed by atoms with Crippen molar-refractivity contribution >= 4 is 34.5 Å². The molecule has 0 N–H and O–H groups in total. The molecule has 0 unspecified atom stereocenters. The van der Waals surface area contributed by atoms with Crippen molar-refractivity contribution in [1.29, 1.82) is 0 Å². The maximum absolute atomic E-state index is 13.3. The molecule has 29 heavy (non-hydrogen) atoms. The smallest absolute Gasteiger partial charge is 0.264 e. The zero-order chi connectivity index (χ0) is 20.2. The van der Waals surface area contributed by atoms with E-state index in [1.807, 2.05) is 52.7 Å². The number of carbonyl (C=O) groups excluding carboxylic acids is 2. The third-order valence-electron chi connectivity index (χ3n) is 5.00. The zero-order valence-electron chi connectivity index (χ0n) is 16.4. The minimum Gasteiger partial charge on any atom is -0.332 e. The van der Waals surface area contributed by atoms with Crippen LogP contribution in [-0.4, -0.2) is 34.2 Å². The minimum atomic E-state index is -0.0255. The van der Waals surface area contributed by atoms with Crippen molar-refractivity contribution in [3.05, 3.63) is 80.2 Å². The summed E-state index contributed by atoms with van der Waals surface area (Å²) in [5, 5.41) is 1.90. The molecule has 0 saturated heterocycles. The summed E-state index contributed by atoms with van der Waals surface area (Å²) < 4.78 is 0. The first kappa shape index (κ1) is 19.9. The molecular weight excluding hydrogens is 400 g/mol. The van der Waals surface area contributed by atoms with Crippen LogP contribution < -0.4 is 0 Å². The number of carbonyl (C=O) groups is 2. The maximum atomic E-state index is 13.3. The highest BCUT2D eigenvalue weighted by Gasteiger charge is 2.35. The molecule has 2 aromatic heterocycles. The van der Waals surface area contributed by atoms with Crippen LogP contribution in [0.25, 0.3) is 0 Å². The average Bonchev–Trinajstić information content (AvgIpc) is 3.24. The van der Waals surface area contributed by atoms with Crippen LogP contribution in [0.5, 0.6) is 0 Å². The van der Waals surface area contributed by atoms with Gasteiger partial charge in [0.25, 0.3) is 5.91 Å². The lowest BCUT2D eigenvalue weighted by atomic mass is 10.2. The Kier molecular flexibility index (Phi) is 6.11. The van der Waals surface area contributed by atoms with Gasteiger partial charge in [0.15, 0.2) is 0 Å². The summed E-state index contributed by atoms with van der Waals surface area (Å²) in [6.45, 7) is 3.32. The number of hydrogen-bond donors (Lipinski definition) is 0. The molecule has 1 saturated carbocycles. The van der Waals surface area contributed by atoms with Crippen molar-refractivity contribution in [2.24, 2.45) is 0 Å². The van der Waals surface area contributed by atoms with Crippen LogP contribution in [0.1, 0.15) is 37.8 Å². The maximum Gasteiger partial charge on any atom is 0.264 e. The van der Waals surface area contributed by atoms with Crippen LogP contribution in [0.15, 0.2) is 60.0 Å². The Morgan fingerprint density at radius 1 is 1.00 bits per heavy atom.